The summed E-state index contributed by atoms with van der Waals surface area (Å²) in [5, 5.41) is 8.63. The van der Waals surface area contributed by atoms with Gasteiger partial charge >= 0.3 is 0 Å². The van der Waals surface area contributed by atoms with Crippen molar-refractivity contribution in [3.8, 4) is 6.07 Å². The van der Waals surface area contributed by atoms with Crippen molar-refractivity contribution in [1.82, 2.24) is 9.97 Å². The van der Waals surface area contributed by atoms with Crippen LogP contribution in [-0.2, 0) is 0 Å². The Kier molecular flexibility index (Phi) is 2.93. The first-order valence-electron chi connectivity index (χ1n) is 3.42. The quantitative estimate of drug-likeness (QED) is 0.740. The number of hydrogen-bond acceptors (Lipinski definition) is 3. The third-order valence-corrected chi connectivity index (χ3v) is 1.75. The number of rotatable bonds is 2. The highest BCUT2D eigenvalue weighted by Crippen LogP contribution is 2.22. The lowest BCUT2D eigenvalue weighted by Crippen LogP contribution is -1.95. The van der Waals surface area contributed by atoms with Crippen LogP contribution in [0.1, 0.15) is 11.4 Å². The maximum absolute atomic E-state index is 8.63. The van der Waals surface area contributed by atoms with Crippen LogP contribution < -0.4 is 0 Å². The van der Waals surface area contributed by atoms with Gasteiger partial charge in [-0.2, -0.15) is 5.26 Å². The fourth-order valence-electron chi connectivity index (χ4n) is 0.810. The van der Waals surface area contributed by atoms with Crippen LogP contribution in [0.3, 0.4) is 0 Å². The first-order chi connectivity index (χ1) is 6.16. The first kappa shape index (κ1) is 9.62. The molecule has 0 N–H and O–H groups in total. The Bertz CT molecular complexity index is 404. The van der Waals surface area contributed by atoms with Gasteiger partial charge in [-0.05, 0) is 15.9 Å². The molecule has 4 heteroatoms. The summed E-state index contributed by atoms with van der Waals surface area (Å²) in [7, 11) is 0. The van der Waals surface area contributed by atoms with Crippen molar-refractivity contribution in [2.75, 3.05) is 0 Å². The van der Waals surface area contributed by atoms with Crippen LogP contribution >= 0.6 is 15.9 Å². The summed E-state index contributed by atoms with van der Waals surface area (Å²) in [6, 6.07) is 1.92. The van der Waals surface area contributed by atoms with Gasteiger partial charge in [-0.25, -0.2) is 0 Å². The lowest BCUT2D eigenvalue weighted by atomic mass is 10.2. The highest BCUT2D eigenvalue weighted by Gasteiger charge is 2.08. The Morgan fingerprint density at radius 1 is 1.31 bits per heavy atom. The van der Waals surface area contributed by atoms with E-state index in [0.29, 0.717) is 15.9 Å². The Morgan fingerprint density at radius 2 is 1.85 bits per heavy atom. The van der Waals surface area contributed by atoms with E-state index in [4.69, 9.17) is 5.26 Å². The van der Waals surface area contributed by atoms with Gasteiger partial charge in [0.15, 0.2) is 0 Å². The summed E-state index contributed by atoms with van der Waals surface area (Å²) in [6.07, 6.45) is 3.05. The molecule has 0 aliphatic rings. The molecule has 3 nitrogen and oxygen atoms in total. The van der Waals surface area contributed by atoms with Gasteiger partial charge in [0.05, 0.1) is 5.57 Å². The molecule has 0 spiro atoms. The van der Waals surface area contributed by atoms with E-state index in [0.717, 1.165) is 0 Å². The molecule has 64 valence electrons. The number of nitriles is 1. The summed E-state index contributed by atoms with van der Waals surface area (Å²) in [5.41, 5.74) is 1.30. The number of hydrogen-bond donors (Lipinski definition) is 0. The smallest absolute Gasteiger partial charge is 0.107 e. The van der Waals surface area contributed by atoms with Gasteiger partial charge in [0.1, 0.15) is 17.5 Å². The molecule has 1 heterocycles. The van der Waals surface area contributed by atoms with E-state index >= 15 is 0 Å². The van der Waals surface area contributed by atoms with E-state index in [-0.39, 0.29) is 5.57 Å². The van der Waals surface area contributed by atoms with E-state index < -0.39 is 0 Å². The molecule has 0 atom stereocenters. The number of aromatic nitrogens is 2. The average molecular weight is 236 g/mol. The van der Waals surface area contributed by atoms with Crippen LogP contribution in [0.15, 0.2) is 25.6 Å². The topological polar surface area (TPSA) is 49.6 Å². The summed E-state index contributed by atoms with van der Waals surface area (Å²) >= 11 is 3.18. The Balaban J connectivity index is 3.29. The van der Waals surface area contributed by atoms with E-state index in [2.05, 4.69) is 39.1 Å². The lowest BCUT2D eigenvalue weighted by Gasteiger charge is -2.02. The first-order valence-corrected chi connectivity index (χ1v) is 4.21. The molecule has 1 aromatic heterocycles. The third-order valence-electron chi connectivity index (χ3n) is 1.38. The zero-order chi connectivity index (χ0) is 9.84. The van der Waals surface area contributed by atoms with Gasteiger partial charge in [-0.15, -0.1) is 0 Å². The molecule has 0 fully saturated rings. The molecule has 1 rings (SSSR count). The molecule has 13 heavy (non-hydrogen) atoms. The summed E-state index contributed by atoms with van der Waals surface area (Å²) in [5.74, 6) is 0. The average Bonchev–Trinajstić information content (AvgIpc) is 2.16. The summed E-state index contributed by atoms with van der Waals surface area (Å²) in [4.78, 5) is 8.02. The fourth-order valence-corrected chi connectivity index (χ4v) is 1.10. The fraction of sp³-hybridized carbons (Fsp3) is 0. The molecule has 0 aliphatic heterocycles. The van der Waals surface area contributed by atoms with Gasteiger partial charge in [0, 0.05) is 16.9 Å². The van der Waals surface area contributed by atoms with E-state index in [1.165, 1.54) is 12.4 Å². The van der Waals surface area contributed by atoms with Gasteiger partial charge in [0.25, 0.3) is 0 Å². The van der Waals surface area contributed by atoms with Crippen molar-refractivity contribution in [3.05, 3.63) is 36.9 Å². The predicted molar refractivity (Wildman–Crippen MR) is 54.6 cm³/mol. The zero-order valence-corrected chi connectivity index (χ0v) is 8.37. The highest BCUT2D eigenvalue weighted by molar-refractivity contribution is 9.15. The van der Waals surface area contributed by atoms with Crippen LogP contribution in [0.25, 0.3) is 10.1 Å². The normalized spacial score (nSPS) is 8.92. The lowest BCUT2D eigenvalue weighted by molar-refractivity contribution is 1.15. The standard InChI is InChI=1S/C9H6BrN3/c1-6(5-11)8-9(7(2)10)13-4-3-12-8/h3-4H,1-2H2. The maximum Gasteiger partial charge on any atom is 0.107 e. The molecular formula is C9H6BrN3. The molecule has 1 aromatic rings. The van der Waals surface area contributed by atoms with Crippen LogP contribution in [0.4, 0.5) is 0 Å². The van der Waals surface area contributed by atoms with Crippen molar-refractivity contribution in [2.45, 2.75) is 0 Å². The Labute approximate surface area is 84.6 Å². The number of nitrogens with zero attached hydrogens (tertiary/aromatic N) is 3. The van der Waals surface area contributed by atoms with Crippen LogP contribution in [-0.4, -0.2) is 9.97 Å². The van der Waals surface area contributed by atoms with Crippen LogP contribution in [0.2, 0.25) is 0 Å². The molecular weight excluding hydrogens is 230 g/mol. The second-order valence-electron chi connectivity index (χ2n) is 2.25. The van der Waals surface area contributed by atoms with Gasteiger partial charge in [0.2, 0.25) is 0 Å². The minimum atomic E-state index is 0.281. The van der Waals surface area contributed by atoms with Crippen LogP contribution in [0.5, 0.6) is 0 Å². The van der Waals surface area contributed by atoms with Crippen molar-refractivity contribution in [2.24, 2.45) is 0 Å². The van der Waals surface area contributed by atoms with Gasteiger partial charge < -0.3 is 0 Å². The van der Waals surface area contributed by atoms with Gasteiger partial charge in [-0.3, -0.25) is 9.97 Å². The van der Waals surface area contributed by atoms with E-state index in [1.54, 1.807) is 0 Å². The van der Waals surface area contributed by atoms with E-state index in [9.17, 15) is 0 Å². The van der Waals surface area contributed by atoms with E-state index in [1.807, 2.05) is 6.07 Å². The van der Waals surface area contributed by atoms with Crippen molar-refractivity contribution < 1.29 is 0 Å². The van der Waals surface area contributed by atoms with Gasteiger partial charge in [-0.1, -0.05) is 13.2 Å². The zero-order valence-electron chi connectivity index (χ0n) is 6.79. The predicted octanol–water partition coefficient (Wildman–Crippen LogP) is 2.38. The maximum atomic E-state index is 8.63. The number of allylic oxidation sites excluding steroid dienone is 1. The molecule has 0 saturated carbocycles. The SMILES string of the molecule is C=C(Br)c1nccnc1C(=C)C#N. The summed E-state index contributed by atoms with van der Waals surface area (Å²) in [6.45, 7) is 7.23. The Hall–Kier alpha value is -1.47. The van der Waals surface area contributed by atoms with Crippen LogP contribution in [0, 0.1) is 11.3 Å². The second-order valence-corrected chi connectivity index (χ2v) is 3.21. The Morgan fingerprint density at radius 3 is 2.31 bits per heavy atom. The minimum Gasteiger partial charge on any atom is -0.252 e. The minimum absolute atomic E-state index is 0.281. The molecule has 0 bridgehead atoms. The largest absolute Gasteiger partial charge is 0.252 e. The molecule has 0 radical (unpaired) electrons. The monoisotopic (exact) mass is 235 g/mol. The molecule has 0 saturated heterocycles. The number of halogens is 1. The highest BCUT2D eigenvalue weighted by atomic mass is 79.9. The summed E-state index contributed by atoms with van der Waals surface area (Å²) < 4.78 is 0.590. The molecule has 0 amide bonds. The molecule has 0 unspecified atom stereocenters. The molecule has 0 aliphatic carbocycles. The van der Waals surface area contributed by atoms with Crippen molar-refractivity contribution >= 4 is 26.0 Å². The van der Waals surface area contributed by atoms with Crippen molar-refractivity contribution in [3.63, 3.8) is 0 Å². The third kappa shape index (κ3) is 2.01. The second kappa shape index (κ2) is 3.97. The van der Waals surface area contributed by atoms with Crippen molar-refractivity contribution in [1.29, 1.82) is 5.26 Å². The molecule has 0 aromatic carbocycles.